The third-order valence-corrected chi connectivity index (χ3v) is 3.53. The van der Waals surface area contributed by atoms with Crippen molar-refractivity contribution in [2.24, 2.45) is 0 Å². The summed E-state index contributed by atoms with van der Waals surface area (Å²) in [5, 5.41) is 3.83. The second kappa shape index (κ2) is 8.49. The number of hydrogen-bond donors (Lipinski definition) is 1. The summed E-state index contributed by atoms with van der Waals surface area (Å²) in [6, 6.07) is 5.22. The molecule has 102 valence electrons. The molecule has 0 bridgehead atoms. The van der Waals surface area contributed by atoms with Crippen LogP contribution < -0.4 is 5.32 Å². The molecular weight excluding hydrogens is 249 g/mol. The molecule has 0 saturated carbocycles. The molecule has 18 heavy (non-hydrogen) atoms. The minimum atomic E-state index is -0.229. The molecule has 0 radical (unpaired) electrons. The molecular formula is C15H23ClFN. The molecule has 0 aliphatic rings. The van der Waals surface area contributed by atoms with E-state index in [9.17, 15) is 4.39 Å². The second-order valence-electron chi connectivity index (χ2n) is 4.83. The van der Waals surface area contributed by atoms with Crippen molar-refractivity contribution < 1.29 is 4.39 Å². The van der Waals surface area contributed by atoms with Gasteiger partial charge in [0.15, 0.2) is 0 Å². The molecule has 0 aliphatic heterocycles. The summed E-state index contributed by atoms with van der Waals surface area (Å²) in [5.74, 6) is -0.229. The van der Waals surface area contributed by atoms with Crippen LogP contribution in [0.4, 0.5) is 4.39 Å². The Labute approximate surface area is 115 Å². The van der Waals surface area contributed by atoms with Crippen LogP contribution in [-0.4, -0.2) is 6.04 Å². The first-order valence-electron chi connectivity index (χ1n) is 6.81. The van der Waals surface area contributed by atoms with Gasteiger partial charge in [-0.1, -0.05) is 50.3 Å². The fourth-order valence-electron chi connectivity index (χ4n) is 1.96. The largest absolute Gasteiger partial charge is 0.310 e. The van der Waals surface area contributed by atoms with Crippen LogP contribution >= 0.6 is 11.6 Å². The Kier molecular flexibility index (Phi) is 7.29. The third-order valence-electron chi connectivity index (χ3n) is 3.18. The van der Waals surface area contributed by atoms with Crippen LogP contribution in [0.5, 0.6) is 0 Å². The van der Waals surface area contributed by atoms with Crippen molar-refractivity contribution in [2.75, 3.05) is 0 Å². The predicted molar refractivity (Wildman–Crippen MR) is 76.5 cm³/mol. The maximum Gasteiger partial charge on any atom is 0.129 e. The molecule has 0 spiro atoms. The summed E-state index contributed by atoms with van der Waals surface area (Å²) in [6.07, 6.45) is 6.20. The molecule has 0 fully saturated rings. The highest BCUT2D eigenvalue weighted by Gasteiger charge is 2.08. The van der Waals surface area contributed by atoms with E-state index in [0.29, 0.717) is 23.2 Å². The first-order chi connectivity index (χ1) is 8.65. The summed E-state index contributed by atoms with van der Waals surface area (Å²) in [4.78, 5) is 0. The Hall–Kier alpha value is -0.600. The molecule has 0 aliphatic carbocycles. The highest BCUT2D eigenvalue weighted by atomic mass is 35.5. The highest BCUT2D eigenvalue weighted by molar-refractivity contribution is 6.31. The molecule has 0 saturated heterocycles. The van der Waals surface area contributed by atoms with Gasteiger partial charge >= 0.3 is 0 Å². The van der Waals surface area contributed by atoms with Crippen LogP contribution in [0.15, 0.2) is 18.2 Å². The van der Waals surface area contributed by atoms with Gasteiger partial charge in [0.2, 0.25) is 0 Å². The SMILES string of the molecule is CCCCCCC(C)NCc1c(F)cccc1Cl. The van der Waals surface area contributed by atoms with E-state index in [1.54, 1.807) is 12.1 Å². The molecule has 3 heteroatoms. The molecule has 1 nitrogen and oxygen atoms in total. The quantitative estimate of drug-likeness (QED) is 0.661. The topological polar surface area (TPSA) is 12.0 Å². The lowest BCUT2D eigenvalue weighted by molar-refractivity contribution is 0.475. The number of rotatable bonds is 8. The van der Waals surface area contributed by atoms with Gasteiger partial charge in [-0.25, -0.2) is 4.39 Å². The lowest BCUT2D eigenvalue weighted by Gasteiger charge is -2.14. The standard InChI is InChI=1S/C15H23ClFN/c1-3-4-5-6-8-12(2)18-11-13-14(16)9-7-10-15(13)17/h7,9-10,12,18H,3-6,8,11H2,1-2H3. The number of halogens is 2. The Morgan fingerprint density at radius 3 is 2.72 bits per heavy atom. The van der Waals surface area contributed by atoms with Gasteiger partial charge in [-0.2, -0.15) is 0 Å². The van der Waals surface area contributed by atoms with E-state index in [-0.39, 0.29) is 5.82 Å². The van der Waals surface area contributed by atoms with Crippen LogP contribution in [-0.2, 0) is 6.54 Å². The van der Waals surface area contributed by atoms with Crippen LogP contribution in [0.1, 0.15) is 51.5 Å². The highest BCUT2D eigenvalue weighted by Crippen LogP contribution is 2.19. The molecule has 1 N–H and O–H groups in total. The third kappa shape index (κ3) is 5.36. The molecule has 1 aromatic rings. The minimum absolute atomic E-state index is 0.229. The van der Waals surface area contributed by atoms with Crippen LogP contribution in [0, 0.1) is 5.82 Å². The van der Waals surface area contributed by atoms with Crippen molar-refractivity contribution in [3.05, 3.63) is 34.6 Å². The second-order valence-corrected chi connectivity index (χ2v) is 5.24. The van der Waals surface area contributed by atoms with E-state index < -0.39 is 0 Å². The number of unbranched alkanes of at least 4 members (excludes halogenated alkanes) is 3. The average molecular weight is 272 g/mol. The smallest absolute Gasteiger partial charge is 0.129 e. The fourth-order valence-corrected chi connectivity index (χ4v) is 2.19. The van der Waals surface area contributed by atoms with Gasteiger partial charge < -0.3 is 5.32 Å². The maximum absolute atomic E-state index is 13.5. The van der Waals surface area contributed by atoms with E-state index in [4.69, 9.17) is 11.6 Å². The molecule has 1 atom stereocenters. The van der Waals surface area contributed by atoms with Gasteiger partial charge in [0.25, 0.3) is 0 Å². The van der Waals surface area contributed by atoms with Crippen molar-refractivity contribution in [1.29, 1.82) is 0 Å². The Balaban J connectivity index is 2.31. The number of benzene rings is 1. The summed E-state index contributed by atoms with van der Waals surface area (Å²) < 4.78 is 13.5. The number of hydrogen-bond acceptors (Lipinski definition) is 1. The normalized spacial score (nSPS) is 12.7. The fraction of sp³-hybridized carbons (Fsp3) is 0.600. The summed E-state index contributed by atoms with van der Waals surface area (Å²) in [6.45, 7) is 4.85. The van der Waals surface area contributed by atoms with E-state index in [0.717, 1.165) is 6.42 Å². The van der Waals surface area contributed by atoms with Crippen LogP contribution in [0.25, 0.3) is 0 Å². The zero-order valence-electron chi connectivity index (χ0n) is 11.3. The van der Waals surface area contributed by atoms with E-state index in [2.05, 4.69) is 19.2 Å². The van der Waals surface area contributed by atoms with Gasteiger partial charge in [0.1, 0.15) is 5.82 Å². The average Bonchev–Trinajstić information content (AvgIpc) is 2.34. The minimum Gasteiger partial charge on any atom is -0.310 e. The maximum atomic E-state index is 13.5. The van der Waals surface area contributed by atoms with Crippen molar-refractivity contribution in [1.82, 2.24) is 5.32 Å². The first kappa shape index (κ1) is 15.5. The Morgan fingerprint density at radius 1 is 1.28 bits per heavy atom. The molecule has 0 aromatic heterocycles. The van der Waals surface area contributed by atoms with E-state index in [1.807, 2.05) is 0 Å². The molecule has 1 aromatic carbocycles. The summed E-state index contributed by atoms with van der Waals surface area (Å²) in [5.41, 5.74) is 0.569. The lowest BCUT2D eigenvalue weighted by atomic mass is 10.1. The monoisotopic (exact) mass is 271 g/mol. The zero-order chi connectivity index (χ0) is 13.4. The van der Waals surface area contributed by atoms with Gasteiger partial charge in [-0.15, -0.1) is 0 Å². The van der Waals surface area contributed by atoms with E-state index in [1.165, 1.54) is 31.7 Å². The van der Waals surface area contributed by atoms with Crippen molar-refractivity contribution in [3.63, 3.8) is 0 Å². The van der Waals surface area contributed by atoms with Crippen molar-refractivity contribution in [2.45, 2.75) is 58.5 Å². The Morgan fingerprint density at radius 2 is 2.06 bits per heavy atom. The zero-order valence-corrected chi connectivity index (χ0v) is 12.1. The number of nitrogens with one attached hydrogen (secondary N) is 1. The van der Waals surface area contributed by atoms with Crippen LogP contribution in [0.2, 0.25) is 5.02 Å². The molecule has 0 heterocycles. The Bertz CT molecular complexity index is 334. The first-order valence-corrected chi connectivity index (χ1v) is 7.19. The molecule has 0 amide bonds. The van der Waals surface area contributed by atoms with Gasteiger partial charge in [-0.05, 0) is 25.5 Å². The lowest BCUT2D eigenvalue weighted by Crippen LogP contribution is -2.25. The van der Waals surface area contributed by atoms with Crippen molar-refractivity contribution in [3.8, 4) is 0 Å². The molecule has 1 rings (SSSR count). The molecule has 1 unspecified atom stereocenters. The van der Waals surface area contributed by atoms with Gasteiger partial charge in [-0.3, -0.25) is 0 Å². The van der Waals surface area contributed by atoms with Crippen LogP contribution in [0.3, 0.4) is 0 Å². The van der Waals surface area contributed by atoms with Gasteiger partial charge in [0.05, 0.1) is 0 Å². The predicted octanol–water partition coefficient (Wildman–Crippen LogP) is 4.93. The summed E-state index contributed by atoms with van der Waals surface area (Å²) >= 11 is 5.98. The van der Waals surface area contributed by atoms with Gasteiger partial charge in [0, 0.05) is 23.2 Å². The van der Waals surface area contributed by atoms with Crippen molar-refractivity contribution >= 4 is 11.6 Å². The van der Waals surface area contributed by atoms with E-state index >= 15 is 0 Å². The summed E-state index contributed by atoms with van der Waals surface area (Å²) in [7, 11) is 0.